The highest BCUT2D eigenvalue weighted by Crippen LogP contribution is 2.31. The molecule has 0 amide bonds. The van der Waals surface area contributed by atoms with Gasteiger partial charge in [-0.25, -0.2) is 9.67 Å². The Labute approximate surface area is 171 Å². The molecule has 3 heterocycles. The molecule has 8 nitrogen and oxygen atoms in total. The Balaban J connectivity index is 1.61. The summed E-state index contributed by atoms with van der Waals surface area (Å²) in [7, 11) is 0. The van der Waals surface area contributed by atoms with Gasteiger partial charge in [0, 0.05) is 32.3 Å². The van der Waals surface area contributed by atoms with Crippen LogP contribution in [0.25, 0.3) is 0 Å². The Morgan fingerprint density at radius 2 is 2.17 bits per heavy atom. The second kappa shape index (κ2) is 8.32. The molecule has 154 valence electrons. The number of fused-ring (bicyclic) bond motifs is 1. The maximum absolute atomic E-state index is 9.14. The quantitative estimate of drug-likeness (QED) is 0.797. The summed E-state index contributed by atoms with van der Waals surface area (Å²) in [5.41, 5.74) is 2.01. The minimum absolute atomic E-state index is 0.0477. The van der Waals surface area contributed by atoms with Crippen molar-refractivity contribution in [3.05, 3.63) is 41.9 Å². The molecule has 0 saturated heterocycles. The van der Waals surface area contributed by atoms with E-state index in [0.29, 0.717) is 13.0 Å². The summed E-state index contributed by atoms with van der Waals surface area (Å²) >= 11 is 0. The van der Waals surface area contributed by atoms with Crippen LogP contribution in [0.4, 0.5) is 0 Å². The largest absolute Gasteiger partial charge is 0.491 e. The molecule has 0 bridgehead atoms. The Morgan fingerprint density at radius 3 is 2.93 bits per heavy atom. The highest BCUT2D eigenvalue weighted by molar-refractivity contribution is 6.09. The molecule has 0 fully saturated rings. The van der Waals surface area contributed by atoms with Crippen molar-refractivity contribution in [2.24, 2.45) is 21.0 Å². The van der Waals surface area contributed by atoms with Crippen LogP contribution in [-0.4, -0.2) is 69.1 Å². The zero-order valence-corrected chi connectivity index (χ0v) is 17.2. The number of nitrogens with zero attached hydrogens (tertiary/aromatic N) is 6. The summed E-state index contributed by atoms with van der Waals surface area (Å²) in [6.07, 6.45) is 11.3. The number of amidine groups is 1. The summed E-state index contributed by atoms with van der Waals surface area (Å²) in [6.45, 7) is 7.71. The number of hydrogen-bond acceptors (Lipinski definition) is 7. The molecule has 2 unspecified atom stereocenters. The molecule has 3 aliphatic rings. The van der Waals surface area contributed by atoms with Crippen LogP contribution in [0.15, 0.2) is 51.5 Å². The molecule has 4 rings (SSSR count). The van der Waals surface area contributed by atoms with Crippen LogP contribution in [-0.2, 0) is 11.2 Å². The summed E-state index contributed by atoms with van der Waals surface area (Å²) in [5.74, 6) is 2.59. The summed E-state index contributed by atoms with van der Waals surface area (Å²) < 4.78 is 7.71. The number of ether oxygens (including phenoxy) is 1. The molecular formula is C21H28N6O2. The van der Waals surface area contributed by atoms with Gasteiger partial charge >= 0.3 is 0 Å². The third-order valence-corrected chi connectivity index (χ3v) is 5.12. The number of allylic oxidation sites excluding steroid dienone is 2. The zero-order chi connectivity index (χ0) is 20.4. The van der Waals surface area contributed by atoms with Gasteiger partial charge in [-0.1, -0.05) is 0 Å². The average Bonchev–Trinajstić information content (AvgIpc) is 3.32. The highest BCUT2D eigenvalue weighted by Gasteiger charge is 2.40. The smallest absolute Gasteiger partial charge is 0.151 e. The fraction of sp³-hybridized carbons (Fsp3) is 0.524. The lowest BCUT2D eigenvalue weighted by Gasteiger charge is -2.28. The second-order valence-electron chi connectivity index (χ2n) is 7.60. The van der Waals surface area contributed by atoms with E-state index in [9.17, 15) is 0 Å². The standard InChI is InChI=1S/C21H28N6O2/c1-4-26-20(17-11-16(29-14(2)3)5-6-18(17)25-26)21-22-9-7-19(24-21)27-13-15(8-10-28)12-23-27/h5-6,11-14,17,20,28H,4,7-10H2,1-3H3. The van der Waals surface area contributed by atoms with Gasteiger partial charge in [-0.15, -0.1) is 0 Å². The van der Waals surface area contributed by atoms with Crippen LogP contribution in [0, 0.1) is 5.92 Å². The Kier molecular flexibility index (Phi) is 5.62. The monoisotopic (exact) mass is 396 g/mol. The van der Waals surface area contributed by atoms with Gasteiger partial charge in [0.05, 0.1) is 23.9 Å². The number of likely N-dealkylation sites (N-methyl/N-ethyl adjacent to an activating group) is 1. The van der Waals surface area contributed by atoms with E-state index in [2.05, 4.69) is 23.1 Å². The Morgan fingerprint density at radius 1 is 1.31 bits per heavy atom. The second-order valence-corrected chi connectivity index (χ2v) is 7.60. The lowest BCUT2D eigenvalue weighted by Crippen LogP contribution is -2.41. The number of aliphatic hydroxyl groups excluding tert-OH is 1. The van der Waals surface area contributed by atoms with Crippen molar-refractivity contribution in [2.75, 3.05) is 19.7 Å². The van der Waals surface area contributed by atoms with E-state index >= 15 is 0 Å². The van der Waals surface area contributed by atoms with Gasteiger partial charge in [0.2, 0.25) is 0 Å². The topological polar surface area (TPSA) is 87.6 Å². The molecule has 0 spiro atoms. The normalized spacial score (nSPS) is 23.6. The highest BCUT2D eigenvalue weighted by atomic mass is 16.5. The SMILES string of the molecule is CCN1N=C2C=CC(OC(C)C)=CC2C1C1=NCCC(n2cc(CCO)cn2)=N1. The fourth-order valence-electron chi connectivity index (χ4n) is 3.84. The van der Waals surface area contributed by atoms with E-state index in [-0.39, 0.29) is 24.7 Å². The number of aliphatic hydroxyl groups is 1. The summed E-state index contributed by atoms with van der Waals surface area (Å²) in [5, 5.41) is 20.4. The van der Waals surface area contributed by atoms with Gasteiger partial charge in [0.1, 0.15) is 17.6 Å². The molecule has 1 aliphatic carbocycles. The molecule has 1 aromatic rings. The van der Waals surface area contributed by atoms with Crippen LogP contribution >= 0.6 is 0 Å². The van der Waals surface area contributed by atoms with Crippen molar-refractivity contribution in [3.63, 3.8) is 0 Å². The van der Waals surface area contributed by atoms with E-state index in [0.717, 1.165) is 41.7 Å². The van der Waals surface area contributed by atoms with E-state index in [1.165, 1.54) is 0 Å². The van der Waals surface area contributed by atoms with E-state index in [1.807, 2.05) is 32.2 Å². The molecule has 0 aromatic carbocycles. The van der Waals surface area contributed by atoms with Gasteiger partial charge in [0.25, 0.3) is 0 Å². The third kappa shape index (κ3) is 4.03. The van der Waals surface area contributed by atoms with Crippen LogP contribution in [0.2, 0.25) is 0 Å². The molecule has 8 heteroatoms. The number of aliphatic imine (C=N–C) groups is 2. The van der Waals surface area contributed by atoms with Crippen LogP contribution in [0.3, 0.4) is 0 Å². The van der Waals surface area contributed by atoms with Crippen molar-refractivity contribution >= 4 is 17.4 Å². The van der Waals surface area contributed by atoms with Gasteiger partial charge in [-0.3, -0.25) is 10.0 Å². The van der Waals surface area contributed by atoms with Crippen LogP contribution < -0.4 is 0 Å². The van der Waals surface area contributed by atoms with E-state index < -0.39 is 0 Å². The predicted molar refractivity (Wildman–Crippen MR) is 113 cm³/mol. The van der Waals surface area contributed by atoms with Crippen molar-refractivity contribution in [2.45, 2.75) is 45.8 Å². The van der Waals surface area contributed by atoms with Crippen molar-refractivity contribution in [1.82, 2.24) is 14.8 Å². The first-order chi connectivity index (χ1) is 14.1. The van der Waals surface area contributed by atoms with Crippen LogP contribution in [0.1, 0.15) is 32.8 Å². The van der Waals surface area contributed by atoms with Gasteiger partial charge in [-0.2, -0.15) is 10.2 Å². The third-order valence-electron chi connectivity index (χ3n) is 5.12. The lowest BCUT2D eigenvalue weighted by atomic mass is 9.90. The van der Waals surface area contributed by atoms with Crippen molar-refractivity contribution in [1.29, 1.82) is 0 Å². The first-order valence-electron chi connectivity index (χ1n) is 10.3. The number of hydrogen-bond donors (Lipinski definition) is 1. The molecule has 1 aromatic heterocycles. The minimum atomic E-state index is -0.0477. The molecule has 29 heavy (non-hydrogen) atoms. The van der Waals surface area contributed by atoms with Crippen LogP contribution in [0.5, 0.6) is 0 Å². The number of rotatable bonds is 6. The Hall–Kier alpha value is -2.74. The zero-order valence-electron chi connectivity index (χ0n) is 17.2. The lowest BCUT2D eigenvalue weighted by molar-refractivity contribution is 0.155. The van der Waals surface area contributed by atoms with Crippen molar-refractivity contribution in [3.8, 4) is 0 Å². The molecule has 1 N–H and O–H groups in total. The van der Waals surface area contributed by atoms with Gasteiger partial charge < -0.3 is 9.84 Å². The number of hydrazone groups is 1. The van der Waals surface area contributed by atoms with Gasteiger partial charge in [0.15, 0.2) is 5.84 Å². The minimum Gasteiger partial charge on any atom is -0.491 e. The first-order valence-corrected chi connectivity index (χ1v) is 10.3. The van der Waals surface area contributed by atoms with E-state index in [1.54, 1.807) is 10.9 Å². The molecule has 0 saturated carbocycles. The summed E-state index contributed by atoms with van der Waals surface area (Å²) in [6, 6.07) is -0.0477. The summed E-state index contributed by atoms with van der Waals surface area (Å²) in [4.78, 5) is 9.62. The first kappa shape index (κ1) is 19.6. The molecule has 2 aliphatic heterocycles. The Bertz CT molecular complexity index is 908. The maximum Gasteiger partial charge on any atom is 0.151 e. The number of aromatic nitrogens is 2. The molecule has 0 radical (unpaired) electrons. The predicted octanol–water partition coefficient (Wildman–Crippen LogP) is 2.02. The van der Waals surface area contributed by atoms with Gasteiger partial charge in [-0.05, 0) is 51.0 Å². The van der Waals surface area contributed by atoms with Crippen molar-refractivity contribution < 1.29 is 9.84 Å². The van der Waals surface area contributed by atoms with E-state index in [4.69, 9.17) is 24.9 Å². The molecule has 2 atom stereocenters. The molecular weight excluding hydrogens is 368 g/mol. The fourth-order valence-corrected chi connectivity index (χ4v) is 3.84. The average molecular weight is 396 g/mol. The maximum atomic E-state index is 9.14.